The van der Waals surface area contributed by atoms with Crippen LogP contribution in [-0.4, -0.2) is 60.0 Å². The molecule has 10 heteroatoms. The zero-order valence-electron chi connectivity index (χ0n) is 17.8. The highest BCUT2D eigenvalue weighted by Gasteiger charge is 2.34. The summed E-state index contributed by atoms with van der Waals surface area (Å²) in [4.78, 5) is 18.8. The van der Waals surface area contributed by atoms with Crippen molar-refractivity contribution in [1.29, 1.82) is 0 Å². The fourth-order valence-electron chi connectivity index (χ4n) is 3.90. The van der Waals surface area contributed by atoms with Gasteiger partial charge in [-0.05, 0) is 49.8 Å². The number of amides is 2. The second-order valence-electron chi connectivity index (χ2n) is 7.80. The van der Waals surface area contributed by atoms with Gasteiger partial charge in [-0.15, -0.1) is 11.6 Å². The first-order chi connectivity index (χ1) is 15.2. The Kier molecular flexibility index (Phi) is 8.05. The maximum absolute atomic E-state index is 13.1. The molecule has 2 N–H and O–H groups in total. The van der Waals surface area contributed by atoms with Crippen LogP contribution in [0.3, 0.4) is 0 Å². The van der Waals surface area contributed by atoms with E-state index in [1.165, 1.54) is 12.1 Å². The van der Waals surface area contributed by atoms with Gasteiger partial charge >= 0.3 is 12.2 Å². The molecule has 0 saturated heterocycles. The van der Waals surface area contributed by atoms with E-state index >= 15 is 0 Å². The molecule has 1 aromatic carbocycles. The van der Waals surface area contributed by atoms with Gasteiger partial charge in [0.2, 0.25) is 0 Å². The van der Waals surface area contributed by atoms with Crippen molar-refractivity contribution in [1.82, 2.24) is 4.90 Å². The Morgan fingerprint density at radius 3 is 2.78 bits per heavy atom. The summed E-state index contributed by atoms with van der Waals surface area (Å²) in [5, 5.41) is 11.5. The Labute approximate surface area is 190 Å². The number of urea groups is 1. The van der Waals surface area contributed by atoms with Crippen LogP contribution in [0.25, 0.3) is 0 Å². The zero-order chi connectivity index (χ0) is 23.3. The fourth-order valence-corrected chi connectivity index (χ4v) is 4.36. The Morgan fingerprint density at radius 2 is 2.19 bits per heavy atom. The number of alkyl halides is 4. The van der Waals surface area contributed by atoms with Gasteiger partial charge in [-0.25, -0.2) is 4.79 Å². The topological polar surface area (TPSA) is 74.2 Å². The second-order valence-corrected chi connectivity index (χ2v) is 8.33. The van der Waals surface area contributed by atoms with Crippen LogP contribution in [0.2, 0.25) is 0 Å². The Balaban J connectivity index is 1.63. The maximum Gasteiger partial charge on any atom is 0.419 e. The summed E-state index contributed by atoms with van der Waals surface area (Å²) >= 11 is 6.50. The van der Waals surface area contributed by atoms with E-state index in [4.69, 9.17) is 21.4 Å². The molecular formula is C22H27ClF3N3O3. The number of aliphatic hydroxyl groups excluding tert-OH is 1. The fraction of sp³-hybridized carbons (Fsp3) is 0.545. The first kappa shape index (κ1) is 24.4. The largest absolute Gasteiger partial charge is 0.493 e. The number of hydrogen-bond acceptors (Lipinski definition) is 4. The minimum absolute atomic E-state index is 0.0758. The van der Waals surface area contributed by atoms with Crippen molar-refractivity contribution in [2.75, 3.05) is 38.2 Å². The van der Waals surface area contributed by atoms with Crippen LogP contribution in [0, 0.1) is 5.92 Å². The van der Waals surface area contributed by atoms with E-state index < -0.39 is 17.8 Å². The van der Waals surface area contributed by atoms with Crippen molar-refractivity contribution in [3.63, 3.8) is 0 Å². The van der Waals surface area contributed by atoms with Crippen molar-refractivity contribution in [3.8, 4) is 5.75 Å². The molecule has 176 valence electrons. The Hall–Kier alpha value is -2.26. The summed E-state index contributed by atoms with van der Waals surface area (Å²) in [6.45, 7) is 3.22. The predicted molar refractivity (Wildman–Crippen MR) is 118 cm³/mol. The number of aliphatic imine (C=N–C) groups is 1. The molecule has 2 aliphatic heterocycles. The lowest BCUT2D eigenvalue weighted by molar-refractivity contribution is -0.138. The van der Waals surface area contributed by atoms with E-state index in [1.54, 1.807) is 11.8 Å². The lowest BCUT2D eigenvalue weighted by Gasteiger charge is -2.31. The van der Waals surface area contributed by atoms with Gasteiger partial charge in [-0.1, -0.05) is 6.08 Å². The van der Waals surface area contributed by atoms with Gasteiger partial charge < -0.3 is 20.1 Å². The highest BCUT2D eigenvalue weighted by Crippen LogP contribution is 2.38. The number of rotatable bonds is 6. The molecule has 0 radical (unpaired) electrons. The highest BCUT2D eigenvalue weighted by molar-refractivity contribution is 6.35. The average molecular weight is 474 g/mol. The molecule has 0 spiro atoms. The van der Waals surface area contributed by atoms with E-state index in [-0.39, 0.29) is 35.9 Å². The number of carbonyl (C=O) groups excluding carboxylic acids is 1. The highest BCUT2D eigenvalue weighted by atomic mass is 35.5. The molecule has 6 nitrogen and oxygen atoms in total. The van der Waals surface area contributed by atoms with Crippen molar-refractivity contribution in [2.45, 2.75) is 37.7 Å². The third-order valence-corrected chi connectivity index (χ3v) is 5.94. The number of carbonyl (C=O) groups is 1. The third-order valence-electron chi connectivity index (χ3n) is 5.56. The number of hydrogen-bond donors (Lipinski definition) is 2. The van der Waals surface area contributed by atoms with E-state index in [0.717, 1.165) is 23.8 Å². The third kappa shape index (κ3) is 5.95. The summed E-state index contributed by atoms with van der Waals surface area (Å²) in [7, 11) is 0. The van der Waals surface area contributed by atoms with Gasteiger partial charge in [-0.2, -0.15) is 13.2 Å². The first-order valence-corrected chi connectivity index (χ1v) is 11.0. The van der Waals surface area contributed by atoms with E-state index in [2.05, 4.69) is 10.3 Å². The summed E-state index contributed by atoms with van der Waals surface area (Å²) in [5.41, 5.74) is 1.22. The molecule has 2 aliphatic rings. The molecule has 0 saturated carbocycles. The van der Waals surface area contributed by atoms with Crippen molar-refractivity contribution < 1.29 is 27.8 Å². The van der Waals surface area contributed by atoms with Crippen molar-refractivity contribution in [2.24, 2.45) is 10.9 Å². The first-order valence-electron chi connectivity index (χ1n) is 10.6. The monoisotopic (exact) mass is 473 g/mol. The van der Waals surface area contributed by atoms with Crippen LogP contribution in [0.15, 0.2) is 34.8 Å². The van der Waals surface area contributed by atoms with Gasteiger partial charge in [0.15, 0.2) is 0 Å². The summed E-state index contributed by atoms with van der Waals surface area (Å²) < 4.78 is 44.5. The molecule has 0 aromatic heterocycles. The van der Waals surface area contributed by atoms with Gasteiger partial charge in [0.1, 0.15) is 5.75 Å². The summed E-state index contributed by atoms with van der Waals surface area (Å²) in [6, 6.07) is 2.90. The summed E-state index contributed by atoms with van der Waals surface area (Å²) in [5.74, 6) is -0.0374. The standard InChI is InChI=1S/C22H27ClF3N3O3/c1-2-32-19-12-16(3-4-17(19)22(24,25)26)28-21(31)29-8-5-15(6-9-29)20-18(23)11-14(7-10-30)13-27-20/h3-5,12,14,18,30H,2,6-11,13H2,1H3,(H,28,31). The quantitative estimate of drug-likeness (QED) is 0.587. The molecule has 2 atom stereocenters. The van der Waals surface area contributed by atoms with Crippen LogP contribution >= 0.6 is 11.6 Å². The van der Waals surface area contributed by atoms with Crippen LogP contribution in [0.4, 0.5) is 23.7 Å². The van der Waals surface area contributed by atoms with E-state index in [9.17, 15) is 18.0 Å². The summed E-state index contributed by atoms with van der Waals surface area (Å²) in [6.07, 6.45) is -0.582. The van der Waals surface area contributed by atoms with Gasteiger partial charge in [-0.3, -0.25) is 4.99 Å². The maximum atomic E-state index is 13.1. The number of nitrogens with one attached hydrogen (secondary N) is 1. The minimum atomic E-state index is -4.54. The molecule has 2 amide bonds. The SMILES string of the molecule is CCOc1cc(NC(=O)N2CC=C(C3=NCC(CCO)CC3Cl)CC2)ccc1C(F)(F)F. The molecule has 1 aromatic rings. The molecule has 0 aliphatic carbocycles. The number of nitrogens with zero attached hydrogens (tertiary/aromatic N) is 2. The molecule has 3 rings (SSSR count). The van der Waals surface area contributed by atoms with Gasteiger partial charge in [0, 0.05) is 38.0 Å². The number of aliphatic hydroxyl groups is 1. The Bertz CT molecular complexity index is 889. The Morgan fingerprint density at radius 1 is 1.41 bits per heavy atom. The molecule has 32 heavy (non-hydrogen) atoms. The molecular weight excluding hydrogens is 447 g/mol. The average Bonchev–Trinajstić information content (AvgIpc) is 2.74. The van der Waals surface area contributed by atoms with Crippen LogP contribution < -0.4 is 10.1 Å². The number of halogens is 4. The van der Waals surface area contributed by atoms with Crippen LogP contribution in [-0.2, 0) is 6.18 Å². The number of benzene rings is 1. The number of ether oxygens (including phenoxy) is 1. The molecule has 2 heterocycles. The normalized spacial score (nSPS) is 21.6. The van der Waals surface area contributed by atoms with Gasteiger partial charge in [0.25, 0.3) is 0 Å². The smallest absolute Gasteiger partial charge is 0.419 e. The zero-order valence-corrected chi connectivity index (χ0v) is 18.5. The minimum Gasteiger partial charge on any atom is -0.493 e. The van der Waals surface area contributed by atoms with E-state index in [1.807, 2.05) is 6.08 Å². The lowest BCUT2D eigenvalue weighted by Crippen LogP contribution is -2.40. The van der Waals surface area contributed by atoms with Gasteiger partial charge in [0.05, 0.1) is 23.3 Å². The van der Waals surface area contributed by atoms with Crippen LogP contribution in [0.5, 0.6) is 5.75 Å². The lowest BCUT2D eigenvalue weighted by atomic mass is 9.90. The van der Waals surface area contributed by atoms with Crippen molar-refractivity contribution >= 4 is 29.0 Å². The predicted octanol–water partition coefficient (Wildman–Crippen LogP) is 4.72. The van der Waals surface area contributed by atoms with E-state index in [0.29, 0.717) is 32.5 Å². The molecule has 2 unspecified atom stereocenters. The van der Waals surface area contributed by atoms with Crippen molar-refractivity contribution in [3.05, 3.63) is 35.4 Å². The molecule has 0 bridgehead atoms. The number of anilines is 1. The van der Waals surface area contributed by atoms with Crippen LogP contribution in [0.1, 0.15) is 31.7 Å². The second kappa shape index (κ2) is 10.6. The molecule has 0 fully saturated rings.